The van der Waals surface area contributed by atoms with Gasteiger partial charge in [-0.05, 0) is 12.1 Å². The number of amides is 2. The highest BCUT2D eigenvalue weighted by molar-refractivity contribution is 5.93. The molecule has 5 heteroatoms. The largest absolute Gasteiger partial charge is 0.497 e. The molecule has 92 valence electrons. The van der Waals surface area contributed by atoms with E-state index in [1.54, 1.807) is 36.3 Å². The lowest BCUT2D eigenvalue weighted by Crippen LogP contribution is -2.49. The fourth-order valence-corrected chi connectivity index (χ4v) is 1.45. The van der Waals surface area contributed by atoms with Gasteiger partial charge in [-0.1, -0.05) is 16.8 Å². The van der Waals surface area contributed by atoms with Gasteiger partial charge in [0.05, 0.1) is 7.11 Å². The molecule has 2 amide bonds. The van der Waals surface area contributed by atoms with Gasteiger partial charge in [0.25, 0.3) is 0 Å². The third-order valence-electron chi connectivity index (χ3n) is 2.27. The Hall–Kier alpha value is -2.56. The Morgan fingerprint density at radius 3 is 2.67 bits per heavy atom. The van der Waals surface area contributed by atoms with Gasteiger partial charge in [0.2, 0.25) is 0 Å². The highest BCUT2D eigenvalue weighted by Gasteiger charge is 2.06. The van der Waals surface area contributed by atoms with Crippen LogP contribution in [-0.2, 0) is 0 Å². The van der Waals surface area contributed by atoms with E-state index in [0.717, 1.165) is 0 Å². The monoisotopic (exact) mass is 244 g/mol. The highest BCUT2D eigenvalue weighted by atomic mass is 16.5. The van der Waals surface area contributed by atoms with E-state index in [1.807, 2.05) is 30.3 Å². The minimum absolute atomic E-state index is 0.320. The van der Waals surface area contributed by atoms with E-state index < -0.39 is 0 Å². The third kappa shape index (κ3) is 3.21. The normalized spacial score (nSPS) is 9.61. The number of aromatic nitrogens is 1. The van der Waals surface area contributed by atoms with Crippen LogP contribution in [0, 0.1) is 0 Å². The summed E-state index contributed by atoms with van der Waals surface area (Å²) in [5, 5.41) is 2.71. The maximum absolute atomic E-state index is 11.7. The van der Waals surface area contributed by atoms with Crippen LogP contribution in [0.4, 0.5) is 10.5 Å². The summed E-state index contributed by atoms with van der Waals surface area (Å²) in [4.78, 5) is 11.7. The summed E-state index contributed by atoms with van der Waals surface area (Å²) in [6, 6.07) is 12.4. The fourth-order valence-electron chi connectivity index (χ4n) is 1.45. The first-order chi connectivity index (χ1) is 8.78. The Kier molecular flexibility index (Phi) is 3.76. The zero-order valence-electron chi connectivity index (χ0n) is 9.96. The number of carbonyl (C=O) groups excluding carboxylic acids is 1. The summed E-state index contributed by atoms with van der Waals surface area (Å²) in [6.07, 6.45) is 3.48. The number of methoxy groups -OCH3 is 1. The highest BCUT2D eigenvalue weighted by Crippen LogP contribution is 2.16. The van der Waals surface area contributed by atoms with Crippen molar-refractivity contribution in [1.82, 2.24) is 0 Å². The fraction of sp³-hybridized carbons (Fsp3) is 0.0769. The second-order valence-corrected chi connectivity index (χ2v) is 3.58. The Morgan fingerprint density at radius 1 is 1.17 bits per heavy atom. The molecule has 0 atom stereocenters. The van der Waals surface area contributed by atoms with E-state index in [0.29, 0.717) is 11.4 Å². The predicted octanol–water partition coefficient (Wildman–Crippen LogP) is 1.76. The molecule has 0 saturated heterocycles. The Labute approximate surface area is 105 Å². The van der Waals surface area contributed by atoms with Gasteiger partial charge in [-0.15, -0.1) is 5.43 Å². The zero-order chi connectivity index (χ0) is 12.8. The van der Waals surface area contributed by atoms with E-state index in [2.05, 4.69) is 10.7 Å². The van der Waals surface area contributed by atoms with Crippen LogP contribution in [0.5, 0.6) is 5.75 Å². The number of nitrogens with one attached hydrogen (secondary N) is 2. The van der Waals surface area contributed by atoms with Gasteiger partial charge in [0, 0.05) is 23.9 Å². The Morgan fingerprint density at radius 2 is 1.94 bits per heavy atom. The summed E-state index contributed by atoms with van der Waals surface area (Å²) in [7, 11) is 1.58. The van der Waals surface area contributed by atoms with Gasteiger partial charge in [-0.2, -0.15) is 0 Å². The lowest BCUT2D eigenvalue weighted by Gasteiger charge is -2.05. The molecule has 5 nitrogen and oxygen atoms in total. The first kappa shape index (κ1) is 11.9. The molecule has 0 aliphatic carbocycles. The summed E-state index contributed by atoms with van der Waals surface area (Å²) >= 11 is 0. The number of carbonyl (C=O) groups is 1. The minimum Gasteiger partial charge on any atom is -0.497 e. The molecule has 0 saturated carbocycles. The predicted molar refractivity (Wildman–Crippen MR) is 68.0 cm³/mol. The summed E-state index contributed by atoms with van der Waals surface area (Å²) < 4.78 is 6.64. The topological polar surface area (TPSA) is 54.2 Å². The number of ether oxygens (including phenoxy) is 1. The summed E-state index contributed by atoms with van der Waals surface area (Å²) in [5.41, 5.74) is 3.32. The van der Waals surface area contributed by atoms with Gasteiger partial charge < -0.3 is 10.1 Å². The van der Waals surface area contributed by atoms with Crippen molar-refractivity contribution in [3.8, 4) is 5.75 Å². The molecule has 0 aliphatic heterocycles. The van der Waals surface area contributed by atoms with Crippen molar-refractivity contribution in [2.24, 2.45) is 0 Å². The minimum atomic E-state index is -0.320. The molecule has 0 fully saturated rings. The quantitative estimate of drug-likeness (QED) is 0.808. The van der Waals surface area contributed by atoms with Crippen LogP contribution < -0.4 is 20.2 Å². The van der Waals surface area contributed by atoms with Gasteiger partial charge in [-0.3, -0.25) is 0 Å². The summed E-state index contributed by atoms with van der Waals surface area (Å²) in [6.45, 7) is 0. The van der Waals surface area contributed by atoms with Crippen molar-refractivity contribution in [3.63, 3.8) is 0 Å². The second-order valence-electron chi connectivity index (χ2n) is 3.58. The number of benzene rings is 1. The van der Waals surface area contributed by atoms with Gasteiger partial charge in [0.1, 0.15) is 5.75 Å². The molecule has 1 aromatic carbocycles. The van der Waals surface area contributed by atoms with E-state index in [1.165, 1.54) is 0 Å². The molecule has 0 aliphatic rings. The maximum Gasteiger partial charge on any atom is 0.372 e. The van der Waals surface area contributed by atoms with Gasteiger partial charge >= 0.3 is 6.03 Å². The molecule has 0 bridgehead atoms. The van der Waals surface area contributed by atoms with E-state index in [4.69, 9.17) is 4.74 Å². The van der Waals surface area contributed by atoms with E-state index >= 15 is 0 Å². The van der Waals surface area contributed by atoms with Crippen molar-refractivity contribution >= 4 is 11.7 Å². The van der Waals surface area contributed by atoms with Crippen molar-refractivity contribution in [1.29, 1.82) is 0 Å². The molecular formula is C13H14N3O2+. The molecule has 2 rings (SSSR count). The van der Waals surface area contributed by atoms with Crippen LogP contribution in [0.1, 0.15) is 0 Å². The zero-order valence-corrected chi connectivity index (χ0v) is 9.96. The number of hydrogen-bond donors (Lipinski definition) is 2. The molecule has 1 heterocycles. The Balaban J connectivity index is 1.99. The van der Waals surface area contributed by atoms with Crippen molar-refractivity contribution < 1.29 is 14.2 Å². The first-order valence-electron chi connectivity index (χ1n) is 5.46. The Bertz CT molecular complexity index is 529. The standard InChI is InChI=1S/C13H13N3O2/c1-18-12-7-5-6-11(10-12)14-13(17)15-16-8-3-2-4-9-16/h2-10H,1H3,(H-,14,15,17)/p+1. The lowest BCUT2D eigenvalue weighted by atomic mass is 10.3. The molecule has 1 aromatic heterocycles. The molecule has 2 aromatic rings. The van der Waals surface area contributed by atoms with Crippen LogP contribution >= 0.6 is 0 Å². The number of hydrogen-bond acceptors (Lipinski definition) is 2. The number of rotatable bonds is 3. The number of pyridine rings is 1. The van der Waals surface area contributed by atoms with Gasteiger partial charge in [-0.25, -0.2) is 4.79 Å². The van der Waals surface area contributed by atoms with Crippen molar-refractivity contribution in [3.05, 3.63) is 54.9 Å². The second kappa shape index (κ2) is 5.67. The summed E-state index contributed by atoms with van der Waals surface area (Å²) in [5.74, 6) is 0.695. The SMILES string of the molecule is COc1cccc(NC(=O)N[n+]2ccccc2)c1. The van der Waals surface area contributed by atoms with Gasteiger partial charge in [0.15, 0.2) is 12.4 Å². The molecule has 0 radical (unpaired) electrons. The van der Waals surface area contributed by atoms with E-state index in [-0.39, 0.29) is 6.03 Å². The molecule has 18 heavy (non-hydrogen) atoms. The average molecular weight is 244 g/mol. The smallest absolute Gasteiger partial charge is 0.372 e. The van der Waals surface area contributed by atoms with Crippen LogP contribution in [0.2, 0.25) is 0 Å². The molecular weight excluding hydrogens is 230 g/mol. The molecule has 2 N–H and O–H groups in total. The number of nitrogens with zero attached hydrogens (tertiary/aromatic N) is 1. The van der Waals surface area contributed by atoms with Crippen molar-refractivity contribution in [2.45, 2.75) is 0 Å². The van der Waals surface area contributed by atoms with Crippen LogP contribution in [0.25, 0.3) is 0 Å². The van der Waals surface area contributed by atoms with Crippen LogP contribution in [0.3, 0.4) is 0 Å². The molecule has 0 unspecified atom stereocenters. The third-order valence-corrected chi connectivity index (χ3v) is 2.27. The first-order valence-corrected chi connectivity index (χ1v) is 5.46. The maximum atomic E-state index is 11.7. The lowest BCUT2D eigenvalue weighted by molar-refractivity contribution is -0.641. The average Bonchev–Trinajstić information content (AvgIpc) is 2.40. The number of urea groups is 1. The van der Waals surface area contributed by atoms with Crippen LogP contribution in [0.15, 0.2) is 54.9 Å². The number of anilines is 1. The van der Waals surface area contributed by atoms with Crippen molar-refractivity contribution in [2.75, 3.05) is 17.9 Å². The van der Waals surface area contributed by atoms with E-state index in [9.17, 15) is 4.79 Å². The van der Waals surface area contributed by atoms with Crippen LogP contribution in [-0.4, -0.2) is 13.1 Å². The molecule has 0 spiro atoms.